The van der Waals surface area contributed by atoms with Gasteiger partial charge in [-0.25, -0.2) is 0 Å². The molecule has 0 aliphatic carbocycles. The Morgan fingerprint density at radius 1 is 0.889 bits per heavy atom. The molecule has 0 atom stereocenters. The van der Waals surface area contributed by atoms with Crippen molar-refractivity contribution in [1.29, 1.82) is 0 Å². The molecule has 0 aliphatic rings. The van der Waals surface area contributed by atoms with Gasteiger partial charge in [0.05, 0.1) is 15.1 Å². The Balaban J connectivity index is 2.28. The second kappa shape index (κ2) is 5.61. The van der Waals surface area contributed by atoms with Crippen LogP contribution in [0.3, 0.4) is 0 Å². The van der Waals surface area contributed by atoms with Gasteiger partial charge in [-0.05, 0) is 30.3 Å². The molecule has 0 bridgehead atoms. The number of halogens is 3. The Bertz CT molecular complexity index is 597. The minimum Gasteiger partial charge on any atom is -0.456 e. The smallest absolute Gasteiger partial charge is 0.150 e. The zero-order valence-corrected chi connectivity index (χ0v) is 11.3. The van der Waals surface area contributed by atoms with E-state index in [1.54, 1.807) is 30.3 Å². The fourth-order valence-electron chi connectivity index (χ4n) is 1.34. The average Bonchev–Trinajstić information content (AvgIpc) is 2.36. The fraction of sp³-hybridized carbons (Fsp3) is 0. The first kappa shape index (κ1) is 13.2. The van der Waals surface area contributed by atoms with E-state index in [-0.39, 0.29) is 0 Å². The molecule has 0 saturated carbocycles. The van der Waals surface area contributed by atoms with Crippen LogP contribution in [0.15, 0.2) is 36.4 Å². The Kier molecular flexibility index (Phi) is 4.12. The molecule has 2 nitrogen and oxygen atoms in total. The van der Waals surface area contributed by atoms with Crippen LogP contribution in [0.2, 0.25) is 15.1 Å². The van der Waals surface area contributed by atoms with Crippen molar-refractivity contribution in [1.82, 2.24) is 0 Å². The predicted molar refractivity (Wildman–Crippen MR) is 73.4 cm³/mol. The number of hydrogen-bond donors (Lipinski definition) is 0. The van der Waals surface area contributed by atoms with Crippen LogP contribution in [0, 0.1) is 0 Å². The lowest BCUT2D eigenvalue weighted by molar-refractivity contribution is 0.112. The normalized spacial score (nSPS) is 10.2. The summed E-state index contributed by atoms with van der Waals surface area (Å²) < 4.78 is 5.55. The Labute approximate surface area is 119 Å². The van der Waals surface area contributed by atoms with Gasteiger partial charge in [-0.3, -0.25) is 4.79 Å². The maximum absolute atomic E-state index is 10.6. The number of carbonyl (C=O) groups is 1. The molecule has 0 N–H and O–H groups in total. The lowest BCUT2D eigenvalue weighted by Crippen LogP contribution is -1.87. The van der Waals surface area contributed by atoms with E-state index in [0.717, 1.165) is 6.29 Å². The monoisotopic (exact) mass is 300 g/mol. The third-order valence-electron chi connectivity index (χ3n) is 2.21. The van der Waals surface area contributed by atoms with Crippen molar-refractivity contribution in [2.75, 3.05) is 0 Å². The molecule has 18 heavy (non-hydrogen) atoms. The van der Waals surface area contributed by atoms with Crippen molar-refractivity contribution in [2.45, 2.75) is 0 Å². The van der Waals surface area contributed by atoms with Crippen LogP contribution < -0.4 is 4.74 Å². The van der Waals surface area contributed by atoms with Crippen LogP contribution in [0.4, 0.5) is 0 Å². The second-order valence-corrected chi connectivity index (χ2v) is 4.71. The number of ether oxygens (including phenoxy) is 1. The van der Waals surface area contributed by atoms with Gasteiger partial charge < -0.3 is 4.74 Å². The van der Waals surface area contributed by atoms with Gasteiger partial charge in [-0.15, -0.1) is 0 Å². The SMILES string of the molecule is O=Cc1ccc(Oc2ccc(Cl)c(Cl)c2)c(Cl)c1. The zero-order chi connectivity index (χ0) is 13.1. The molecule has 0 aliphatic heterocycles. The van der Waals surface area contributed by atoms with Crippen LogP contribution in [-0.2, 0) is 0 Å². The number of hydrogen-bond acceptors (Lipinski definition) is 2. The number of aldehydes is 1. The molecule has 0 fully saturated rings. The van der Waals surface area contributed by atoms with Gasteiger partial charge in [-0.1, -0.05) is 34.8 Å². The summed E-state index contributed by atoms with van der Waals surface area (Å²) in [6, 6.07) is 9.67. The average molecular weight is 302 g/mol. The molecule has 2 aromatic carbocycles. The minimum atomic E-state index is 0.352. The highest BCUT2D eigenvalue weighted by Crippen LogP contribution is 2.33. The molecule has 0 unspecified atom stereocenters. The molecule has 5 heteroatoms. The van der Waals surface area contributed by atoms with E-state index < -0.39 is 0 Å². The van der Waals surface area contributed by atoms with Gasteiger partial charge in [0.15, 0.2) is 0 Å². The topological polar surface area (TPSA) is 26.3 Å². The summed E-state index contributed by atoms with van der Waals surface area (Å²) in [6.07, 6.45) is 0.717. The number of rotatable bonds is 3. The third-order valence-corrected chi connectivity index (χ3v) is 3.25. The summed E-state index contributed by atoms with van der Waals surface area (Å²) in [5, 5.41) is 1.20. The lowest BCUT2D eigenvalue weighted by Gasteiger charge is -2.08. The number of carbonyl (C=O) groups excluding carboxylic acids is 1. The van der Waals surface area contributed by atoms with Crippen molar-refractivity contribution in [3.63, 3.8) is 0 Å². The largest absolute Gasteiger partial charge is 0.456 e. The lowest BCUT2D eigenvalue weighted by atomic mass is 10.2. The predicted octanol–water partition coefficient (Wildman–Crippen LogP) is 5.25. The van der Waals surface area contributed by atoms with Gasteiger partial charge >= 0.3 is 0 Å². The van der Waals surface area contributed by atoms with E-state index in [4.69, 9.17) is 39.5 Å². The first-order valence-electron chi connectivity index (χ1n) is 4.98. The third kappa shape index (κ3) is 2.96. The summed E-state index contributed by atoms with van der Waals surface area (Å²) in [4.78, 5) is 10.6. The van der Waals surface area contributed by atoms with Crippen molar-refractivity contribution in [2.24, 2.45) is 0 Å². The van der Waals surface area contributed by atoms with Crippen LogP contribution >= 0.6 is 34.8 Å². The minimum absolute atomic E-state index is 0.352. The highest BCUT2D eigenvalue weighted by molar-refractivity contribution is 6.42. The van der Waals surface area contributed by atoms with Gasteiger partial charge in [0.2, 0.25) is 0 Å². The number of benzene rings is 2. The second-order valence-electron chi connectivity index (χ2n) is 3.49. The van der Waals surface area contributed by atoms with Crippen LogP contribution in [0.1, 0.15) is 10.4 Å². The van der Waals surface area contributed by atoms with Crippen molar-refractivity contribution in [3.8, 4) is 11.5 Å². The maximum Gasteiger partial charge on any atom is 0.150 e. The Hall–Kier alpha value is -1.22. The highest BCUT2D eigenvalue weighted by Gasteiger charge is 2.06. The van der Waals surface area contributed by atoms with Gasteiger partial charge in [0.1, 0.15) is 17.8 Å². The molecular weight excluding hydrogens is 294 g/mol. The zero-order valence-electron chi connectivity index (χ0n) is 8.99. The summed E-state index contributed by atoms with van der Waals surface area (Å²) in [7, 11) is 0. The van der Waals surface area contributed by atoms with Crippen LogP contribution in [0.5, 0.6) is 11.5 Å². The molecule has 2 aromatic rings. The maximum atomic E-state index is 10.6. The first-order chi connectivity index (χ1) is 8.60. The summed E-state index contributed by atoms with van der Waals surface area (Å²) in [6.45, 7) is 0. The molecule has 0 saturated heterocycles. The quantitative estimate of drug-likeness (QED) is 0.724. The van der Waals surface area contributed by atoms with Gasteiger partial charge in [0, 0.05) is 11.6 Å². The van der Waals surface area contributed by atoms with Gasteiger partial charge in [0.25, 0.3) is 0 Å². The van der Waals surface area contributed by atoms with E-state index >= 15 is 0 Å². The molecular formula is C13H7Cl3O2. The van der Waals surface area contributed by atoms with Crippen molar-refractivity contribution >= 4 is 41.1 Å². The summed E-state index contributed by atoms with van der Waals surface area (Å²) in [5.41, 5.74) is 0.487. The van der Waals surface area contributed by atoms with E-state index in [2.05, 4.69) is 0 Å². The van der Waals surface area contributed by atoms with E-state index in [1.165, 1.54) is 6.07 Å². The van der Waals surface area contributed by atoms with E-state index in [0.29, 0.717) is 32.1 Å². The Morgan fingerprint density at radius 3 is 2.28 bits per heavy atom. The molecule has 0 heterocycles. The van der Waals surface area contributed by atoms with Crippen LogP contribution in [-0.4, -0.2) is 6.29 Å². The standard InChI is InChI=1S/C13H7Cl3O2/c14-10-3-2-9(6-11(10)15)18-13-4-1-8(7-17)5-12(13)16/h1-7H. The highest BCUT2D eigenvalue weighted by atomic mass is 35.5. The van der Waals surface area contributed by atoms with Crippen molar-refractivity contribution in [3.05, 3.63) is 57.0 Å². The molecule has 0 radical (unpaired) electrons. The van der Waals surface area contributed by atoms with Crippen molar-refractivity contribution < 1.29 is 9.53 Å². The molecule has 0 amide bonds. The molecule has 0 aromatic heterocycles. The Morgan fingerprint density at radius 2 is 1.67 bits per heavy atom. The molecule has 92 valence electrons. The molecule has 0 spiro atoms. The molecule has 2 rings (SSSR count). The van der Waals surface area contributed by atoms with E-state index in [1.807, 2.05) is 0 Å². The fourth-order valence-corrected chi connectivity index (χ4v) is 1.86. The first-order valence-corrected chi connectivity index (χ1v) is 6.11. The van der Waals surface area contributed by atoms with Gasteiger partial charge in [-0.2, -0.15) is 0 Å². The van der Waals surface area contributed by atoms with Crippen LogP contribution in [0.25, 0.3) is 0 Å². The summed E-state index contributed by atoms with van der Waals surface area (Å²) >= 11 is 17.7. The summed E-state index contributed by atoms with van der Waals surface area (Å²) in [5.74, 6) is 0.964. The van der Waals surface area contributed by atoms with E-state index in [9.17, 15) is 4.79 Å².